The number of rotatable bonds is 6. The molecule has 0 aromatic carbocycles. The van der Waals surface area contributed by atoms with E-state index in [2.05, 4.69) is 19.2 Å². The number of amides is 1. The number of carboxylic acid groups (broad SMARTS) is 1. The van der Waals surface area contributed by atoms with Crippen molar-refractivity contribution in [2.24, 2.45) is 17.8 Å². The van der Waals surface area contributed by atoms with Crippen LogP contribution in [0, 0.1) is 17.8 Å². The van der Waals surface area contributed by atoms with Crippen LogP contribution in [0.3, 0.4) is 0 Å². The van der Waals surface area contributed by atoms with E-state index in [4.69, 9.17) is 0 Å². The zero-order valence-electron chi connectivity index (χ0n) is 12.3. The predicted octanol–water partition coefficient (Wildman–Crippen LogP) is 2.82. The summed E-state index contributed by atoms with van der Waals surface area (Å²) in [4.78, 5) is 23.5. The van der Waals surface area contributed by atoms with Crippen LogP contribution in [0.2, 0.25) is 0 Å². The van der Waals surface area contributed by atoms with Gasteiger partial charge in [0.25, 0.3) is 0 Å². The lowest BCUT2D eigenvalue weighted by Gasteiger charge is -2.30. The minimum absolute atomic E-state index is 0.0634. The van der Waals surface area contributed by atoms with Gasteiger partial charge in [-0.25, -0.2) is 0 Å². The van der Waals surface area contributed by atoms with Gasteiger partial charge in [0.1, 0.15) is 0 Å². The van der Waals surface area contributed by atoms with Crippen molar-refractivity contribution in [2.75, 3.05) is 0 Å². The summed E-state index contributed by atoms with van der Waals surface area (Å²) in [6, 6.07) is 0.124. The molecule has 0 spiro atoms. The Morgan fingerprint density at radius 1 is 1.16 bits per heavy atom. The van der Waals surface area contributed by atoms with Gasteiger partial charge in [0.05, 0.1) is 11.8 Å². The predicted molar refractivity (Wildman–Crippen MR) is 74.8 cm³/mol. The molecular formula is C15H27NO3. The van der Waals surface area contributed by atoms with E-state index in [1.54, 1.807) is 0 Å². The van der Waals surface area contributed by atoms with Crippen LogP contribution in [0.15, 0.2) is 0 Å². The first-order valence-electron chi connectivity index (χ1n) is 7.54. The van der Waals surface area contributed by atoms with Crippen molar-refractivity contribution in [3.63, 3.8) is 0 Å². The highest BCUT2D eigenvalue weighted by Crippen LogP contribution is 2.30. The summed E-state index contributed by atoms with van der Waals surface area (Å²) >= 11 is 0. The van der Waals surface area contributed by atoms with E-state index >= 15 is 0 Å². The van der Waals surface area contributed by atoms with Gasteiger partial charge in [-0.1, -0.05) is 39.5 Å². The Morgan fingerprint density at radius 3 is 2.16 bits per heavy atom. The van der Waals surface area contributed by atoms with Crippen molar-refractivity contribution in [3.05, 3.63) is 0 Å². The van der Waals surface area contributed by atoms with Crippen molar-refractivity contribution in [3.8, 4) is 0 Å². The second-order valence-corrected chi connectivity index (χ2v) is 5.71. The van der Waals surface area contributed by atoms with E-state index in [-0.39, 0.29) is 17.9 Å². The minimum atomic E-state index is -0.824. The number of carbonyl (C=O) groups is 2. The van der Waals surface area contributed by atoms with E-state index in [0.29, 0.717) is 18.8 Å². The molecule has 0 bridgehead atoms. The first kappa shape index (κ1) is 16.0. The van der Waals surface area contributed by atoms with E-state index < -0.39 is 11.9 Å². The standard InChI is InChI=1S/C15H27NO3/c1-4-11(5-2)10(3)16-14(17)12-8-6-7-9-13(12)15(18)19/h10-13H,4-9H2,1-3H3,(H,16,17)(H,18,19). The third kappa shape index (κ3) is 4.22. The SMILES string of the molecule is CCC(CC)C(C)NC(=O)C1CCCCC1C(=O)O. The minimum Gasteiger partial charge on any atom is -0.481 e. The molecule has 3 unspecified atom stereocenters. The Kier molecular flexibility index (Phi) is 6.32. The van der Waals surface area contributed by atoms with Crippen LogP contribution in [0.4, 0.5) is 0 Å². The Labute approximate surface area is 116 Å². The Bertz CT molecular complexity index is 313. The van der Waals surface area contributed by atoms with E-state index in [0.717, 1.165) is 25.7 Å². The topological polar surface area (TPSA) is 66.4 Å². The summed E-state index contributed by atoms with van der Waals surface area (Å²) in [6.45, 7) is 6.27. The summed E-state index contributed by atoms with van der Waals surface area (Å²) in [5.74, 6) is -1.26. The Balaban J connectivity index is 2.62. The molecule has 1 fully saturated rings. The lowest BCUT2D eigenvalue weighted by atomic mass is 9.78. The average molecular weight is 269 g/mol. The molecule has 0 aromatic rings. The molecule has 1 rings (SSSR count). The second kappa shape index (κ2) is 7.51. The van der Waals surface area contributed by atoms with Gasteiger partial charge in [0, 0.05) is 6.04 Å². The normalized spacial score (nSPS) is 25.1. The Morgan fingerprint density at radius 2 is 1.68 bits per heavy atom. The number of carbonyl (C=O) groups excluding carboxylic acids is 1. The molecule has 110 valence electrons. The number of hydrogen-bond donors (Lipinski definition) is 2. The van der Waals surface area contributed by atoms with Crippen LogP contribution >= 0.6 is 0 Å². The largest absolute Gasteiger partial charge is 0.481 e. The van der Waals surface area contributed by atoms with Crippen LogP contribution in [0.1, 0.15) is 59.3 Å². The van der Waals surface area contributed by atoms with Crippen molar-refractivity contribution < 1.29 is 14.7 Å². The van der Waals surface area contributed by atoms with Gasteiger partial charge in [-0.3, -0.25) is 9.59 Å². The third-order valence-corrected chi connectivity index (χ3v) is 4.55. The van der Waals surface area contributed by atoms with Gasteiger partial charge >= 0.3 is 5.97 Å². The second-order valence-electron chi connectivity index (χ2n) is 5.71. The summed E-state index contributed by atoms with van der Waals surface area (Å²) in [5.41, 5.74) is 0. The summed E-state index contributed by atoms with van der Waals surface area (Å²) in [6.07, 6.45) is 5.28. The lowest BCUT2D eigenvalue weighted by molar-refractivity contribution is -0.149. The summed E-state index contributed by atoms with van der Waals surface area (Å²) < 4.78 is 0. The van der Waals surface area contributed by atoms with Crippen LogP contribution in [-0.2, 0) is 9.59 Å². The van der Waals surface area contributed by atoms with Gasteiger partial charge in [-0.05, 0) is 25.7 Å². The molecule has 0 aromatic heterocycles. The van der Waals surface area contributed by atoms with Crippen LogP contribution < -0.4 is 5.32 Å². The molecule has 1 saturated carbocycles. The maximum atomic E-state index is 12.3. The van der Waals surface area contributed by atoms with Crippen LogP contribution in [-0.4, -0.2) is 23.0 Å². The molecule has 19 heavy (non-hydrogen) atoms. The summed E-state index contributed by atoms with van der Waals surface area (Å²) in [7, 11) is 0. The van der Waals surface area contributed by atoms with Gasteiger partial charge in [0.15, 0.2) is 0 Å². The highest BCUT2D eigenvalue weighted by Gasteiger charge is 2.36. The zero-order chi connectivity index (χ0) is 14.4. The molecule has 4 heteroatoms. The molecule has 3 atom stereocenters. The summed E-state index contributed by atoms with van der Waals surface area (Å²) in [5, 5.41) is 12.2. The maximum absolute atomic E-state index is 12.3. The Hall–Kier alpha value is -1.06. The van der Waals surface area contributed by atoms with Crippen molar-refractivity contribution in [1.29, 1.82) is 0 Å². The van der Waals surface area contributed by atoms with Gasteiger partial charge < -0.3 is 10.4 Å². The maximum Gasteiger partial charge on any atom is 0.307 e. The molecule has 2 N–H and O–H groups in total. The molecule has 4 nitrogen and oxygen atoms in total. The fraction of sp³-hybridized carbons (Fsp3) is 0.867. The van der Waals surface area contributed by atoms with Crippen molar-refractivity contribution >= 4 is 11.9 Å². The number of hydrogen-bond acceptors (Lipinski definition) is 2. The highest BCUT2D eigenvalue weighted by atomic mass is 16.4. The van der Waals surface area contributed by atoms with Crippen molar-refractivity contribution in [1.82, 2.24) is 5.32 Å². The highest BCUT2D eigenvalue weighted by molar-refractivity contribution is 5.85. The van der Waals surface area contributed by atoms with Gasteiger partial charge in [0.2, 0.25) is 5.91 Å². The molecule has 1 amide bonds. The molecule has 1 aliphatic carbocycles. The number of carboxylic acids is 1. The molecule has 0 radical (unpaired) electrons. The fourth-order valence-electron chi connectivity index (χ4n) is 3.19. The molecule has 0 aliphatic heterocycles. The number of aliphatic carboxylic acids is 1. The molecule has 0 heterocycles. The van der Waals surface area contributed by atoms with Gasteiger partial charge in [-0.15, -0.1) is 0 Å². The average Bonchev–Trinajstić information content (AvgIpc) is 2.40. The quantitative estimate of drug-likeness (QED) is 0.779. The lowest BCUT2D eigenvalue weighted by Crippen LogP contribution is -2.45. The number of nitrogens with one attached hydrogen (secondary N) is 1. The molecule has 0 saturated heterocycles. The van der Waals surface area contributed by atoms with Crippen LogP contribution in [0.25, 0.3) is 0 Å². The molecular weight excluding hydrogens is 242 g/mol. The van der Waals surface area contributed by atoms with Crippen molar-refractivity contribution in [2.45, 2.75) is 65.3 Å². The van der Waals surface area contributed by atoms with Gasteiger partial charge in [-0.2, -0.15) is 0 Å². The monoisotopic (exact) mass is 269 g/mol. The third-order valence-electron chi connectivity index (χ3n) is 4.55. The van der Waals surface area contributed by atoms with E-state index in [1.165, 1.54) is 0 Å². The first-order valence-corrected chi connectivity index (χ1v) is 7.54. The fourth-order valence-corrected chi connectivity index (χ4v) is 3.19. The van der Waals surface area contributed by atoms with Crippen LogP contribution in [0.5, 0.6) is 0 Å². The molecule has 1 aliphatic rings. The van der Waals surface area contributed by atoms with E-state index in [1.807, 2.05) is 6.92 Å². The first-order chi connectivity index (χ1) is 9.01. The van der Waals surface area contributed by atoms with E-state index in [9.17, 15) is 14.7 Å². The zero-order valence-corrected chi connectivity index (χ0v) is 12.3. The smallest absolute Gasteiger partial charge is 0.307 e.